The van der Waals surface area contributed by atoms with E-state index in [4.69, 9.17) is 4.42 Å². The van der Waals surface area contributed by atoms with E-state index >= 15 is 0 Å². The fraction of sp³-hybridized carbons (Fsp3) is 0.231. The standard InChI is InChI=1S/C13H14N2O4/c1-8-3-6-13(19-8)9(2)14-11-5-4-10(16)7-12(11)15(17)18/h3-7,9,14,16H,1-2H3. The molecule has 1 unspecified atom stereocenters. The van der Waals surface area contributed by atoms with Gasteiger partial charge in [0.15, 0.2) is 0 Å². The van der Waals surface area contributed by atoms with E-state index in [2.05, 4.69) is 5.32 Å². The molecule has 6 nitrogen and oxygen atoms in total. The second kappa shape index (κ2) is 5.01. The predicted octanol–water partition coefficient (Wildman–Crippen LogP) is 3.37. The summed E-state index contributed by atoms with van der Waals surface area (Å²) in [4.78, 5) is 10.4. The SMILES string of the molecule is Cc1ccc(C(C)Nc2ccc(O)cc2[N+](=O)[O-])o1. The van der Waals surface area contributed by atoms with Crippen LogP contribution in [0.15, 0.2) is 34.7 Å². The van der Waals surface area contributed by atoms with Crippen molar-refractivity contribution in [3.8, 4) is 5.75 Å². The molecule has 100 valence electrons. The summed E-state index contributed by atoms with van der Waals surface area (Å²) in [7, 11) is 0. The number of aryl methyl sites for hydroxylation is 1. The second-order valence-corrected chi connectivity index (χ2v) is 4.27. The second-order valence-electron chi connectivity index (χ2n) is 4.27. The Hall–Kier alpha value is -2.50. The maximum Gasteiger partial charge on any atom is 0.296 e. The molecule has 0 fully saturated rings. The van der Waals surface area contributed by atoms with Crippen molar-refractivity contribution in [2.24, 2.45) is 0 Å². The van der Waals surface area contributed by atoms with E-state index in [0.717, 1.165) is 11.8 Å². The summed E-state index contributed by atoms with van der Waals surface area (Å²) in [6, 6.07) is 7.42. The van der Waals surface area contributed by atoms with Gasteiger partial charge in [-0.3, -0.25) is 10.1 Å². The van der Waals surface area contributed by atoms with E-state index in [1.54, 1.807) is 0 Å². The minimum Gasteiger partial charge on any atom is -0.508 e. The predicted molar refractivity (Wildman–Crippen MR) is 70.2 cm³/mol. The normalized spacial score (nSPS) is 12.1. The summed E-state index contributed by atoms with van der Waals surface area (Å²) < 4.78 is 5.46. The quantitative estimate of drug-likeness (QED) is 0.501. The number of hydrogen-bond donors (Lipinski definition) is 2. The van der Waals surface area contributed by atoms with E-state index < -0.39 is 4.92 Å². The van der Waals surface area contributed by atoms with Crippen LogP contribution >= 0.6 is 0 Å². The summed E-state index contributed by atoms with van der Waals surface area (Å²) in [6.45, 7) is 3.67. The van der Waals surface area contributed by atoms with Gasteiger partial charge in [0.25, 0.3) is 5.69 Å². The Balaban J connectivity index is 2.26. The number of rotatable bonds is 4. The van der Waals surface area contributed by atoms with Crippen molar-refractivity contribution < 1.29 is 14.4 Å². The first-order valence-corrected chi connectivity index (χ1v) is 5.77. The molecule has 0 saturated carbocycles. The van der Waals surface area contributed by atoms with Gasteiger partial charge in [0.1, 0.15) is 23.0 Å². The van der Waals surface area contributed by atoms with Gasteiger partial charge in [0.05, 0.1) is 17.0 Å². The number of hydrogen-bond acceptors (Lipinski definition) is 5. The number of aromatic hydroxyl groups is 1. The molecule has 1 aromatic heterocycles. The van der Waals surface area contributed by atoms with Crippen LogP contribution in [-0.2, 0) is 0 Å². The van der Waals surface area contributed by atoms with Crippen LogP contribution < -0.4 is 5.32 Å². The molecule has 1 heterocycles. The van der Waals surface area contributed by atoms with Gasteiger partial charge in [-0.15, -0.1) is 0 Å². The number of nitrogens with zero attached hydrogens (tertiary/aromatic N) is 1. The molecule has 0 aliphatic rings. The summed E-state index contributed by atoms with van der Waals surface area (Å²) in [5, 5.41) is 23.2. The Morgan fingerprint density at radius 3 is 2.68 bits per heavy atom. The third-order valence-electron chi connectivity index (χ3n) is 2.74. The zero-order valence-corrected chi connectivity index (χ0v) is 10.6. The van der Waals surface area contributed by atoms with Crippen molar-refractivity contribution in [1.82, 2.24) is 0 Å². The van der Waals surface area contributed by atoms with Gasteiger partial charge in [0.2, 0.25) is 0 Å². The number of phenolic OH excluding ortho intramolecular Hbond substituents is 1. The largest absolute Gasteiger partial charge is 0.508 e. The molecule has 2 aromatic rings. The van der Waals surface area contributed by atoms with E-state index in [-0.39, 0.29) is 17.5 Å². The summed E-state index contributed by atoms with van der Waals surface area (Å²) >= 11 is 0. The number of nitrogens with one attached hydrogen (secondary N) is 1. The van der Waals surface area contributed by atoms with Gasteiger partial charge in [-0.2, -0.15) is 0 Å². The maximum atomic E-state index is 10.9. The van der Waals surface area contributed by atoms with E-state index in [1.165, 1.54) is 12.1 Å². The van der Waals surface area contributed by atoms with Crippen molar-refractivity contribution in [1.29, 1.82) is 0 Å². The molecule has 0 saturated heterocycles. The highest BCUT2D eigenvalue weighted by atomic mass is 16.6. The molecule has 0 bridgehead atoms. The minimum absolute atomic E-state index is 0.140. The Labute approximate surface area is 109 Å². The van der Waals surface area contributed by atoms with Crippen LogP contribution in [0.4, 0.5) is 11.4 Å². The van der Waals surface area contributed by atoms with Gasteiger partial charge in [-0.25, -0.2) is 0 Å². The van der Waals surface area contributed by atoms with Crippen molar-refractivity contribution in [3.63, 3.8) is 0 Å². The van der Waals surface area contributed by atoms with Crippen LogP contribution in [0.1, 0.15) is 24.5 Å². The summed E-state index contributed by atoms with van der Waals surface area (Å²) in [5.74, 6) is 1.34. The molecule has 2 rings (SSSR count). The molecule has 0 aliphatic heterocycles. The van der Waals surface area contributed by atoms with Crippen molar-refractivity contribution in [2.75, 3.05) is 5.32 Å². The van der Waals surface area contributed by atoms with Crippen molar-refractivity contribution in [3.05, 3.63) is 52.0 Å². The molecular weight excluding hydrogens is 248 g/mol. The average Bonchev–Trinajstić information content (AvgIpc) is 2.78. The number of nitro groups is 1. The number of nitro benzene ring substituents is 1. The third-order valence-corrected chi connectivity index (χ3v) is 2.74. The van der Waals surface area contributed by atoms with Crippen LogP contribution in [0.5, 0.6) is 5.75 Å². The van der Waals surface area contributed by atoms with Crippen molar-refractivity contribution >= 4 is 11.4 Å². The summed E-state index contributed by atoms with van der Waals surface area (Å²) in [5.41, 5.74) is 0.166. The molecule has 0 spiro atoms. The van der Waals surface area contributed by atoms with Crippen LogP contribution in [0.25, 0.3) is 0 Å². The lowest BCUT2D eigenvalue weighted by atomic mass is 10.2. The summed E-state index contributed by atoms with van der Waals surface area (Å²) in [6.07, 6.45) is 0. The molecule has 2 N–H and O–H groups in total. The molecule has 1 atom stereocenters. The lowest BCUT2D eigenvalue weighted by Gasteiger charge is -2.13. The molecule has 19 heavy (non-hydrogen) atoms. The topological polar surface area (TPSA) is 88.5 Å². The fourth-order valence-electron chi connectivity index (χ4n) is 1.78. The fourth-order valence-corrected chi connectivity index (χ4v) is 1.78. The van der Waals surface area contributed by atoms with Crippen LogP contribution in [0.3, 0.4) is 0 Å². The number of phenols is 1. The molecule has 0 aliphatic carbocycles. The van der Waals surface area contributed by atoms with E-state index in [0.29, 0.717) is 11.4 Å². The number of benzene rings is 1. The minimum atomic E-state index is -0.540. The monoisotopic (exact) mass is 262 g/mol. The van der Waals surface area contributed by atoms with Gasteiger partial charge in [0, 0.05) is 0 Å². The molecule has 6 heteroatoms. The lowest BCUT2D eigenvalue weighted by molar-refractivity contribution is -0.384. The highest BCUT2D eigenvalue weighted by molar-refractivity contribution is 5.64. The lowest BCUT2D eigenvalue weighted by Crippen LogP contribution is -2.07. The van der Waals surface area contributed by atoms with Crippen LogP contribution in [0, 0.1) is 17.0 Å². The Bertz CT molecular complexity index is 606. The smallest absolute Gasteiger partial charge is 0.296 e. The van der Waals surface area contributed by atoms with Gasteiger partial charge < -0.3 is 14.8 Å². The number of anilines is 1. The first-order valence-electron chi connectivity index (χ1n) is 5.77. The molecule has 1 aromatic carbocycles. The first kappa shape index (κ1) is 12.9. The Morgan fingerprint density at radius 1 is 1.37 bits per heavy atom. The average molecular weight is 262 g/mol. The first-order chi connectivity index (χ1) is 8.97. The van der Waals surface area contributed by atoms with Crippen LogP contribution in [0.2, 0.25) is 0 Å². The molecule has 0 amide bonds. The number of furan rings is 1. The highest BCUT2D eigenvalue weighted by Crippen LogP contribution is 2.31. The molecule has 0 radical (unpaired) electrons. The highest BCUT2D eigenvalue weighted by Gasteiger charge is 2.18. The van der Waals surface area contributed by atoms with Gasteiger partial charge in [-0.1, -0.05) is 0 Å². The van der Waals surface area contributed by atoms with E-state index in [1.807, 2.05) is 26.0 Å². The van der Waals surface area contributed by atoms with Gasteiger partial charge in [-0.05, 0) is 38.1 Å². The van der Waals surface area contributed by atoms with Crippen LogP contribution in [-0.4, -0.2) is 10.0 Å². The zero-order valence-electron chi connectivity index (χ0n) is 10.6. The third kappa shape index (κ3) is 2.85. The Morgan fingerprint density at radius 2 is 2.11 bits per heavy atom. The Kier molecular flexibility index (Phi) is 3.41. The van der Waals surface area contributed by atoms with E-state index in [9.17, 15) is 15.2 Å². The zero-order chi connectivity index (χ0) is 14.0. The van der Waals surface area contributed by atoms with Gasteiger partial charge >= 0.3 is 0 Å². The maximum absolute atomic E-state index is 10.9. The van der Waals surface area contributed by atoms with Crippen molar-refractivity contribution in [2.45, 2.75) is 19.9 Å². The molecular formula is C13H14N2O4.